The zero-order chi connectivity index (χ0) is 11.4. The fourth-order valence-corrected chi connectivity index (χ4v) is 0.589. The van der Waals surface area contributed by atoms with E-state index >= 15 is 0 Å². The Hall–Kier alpha value is -0.160. The standard InChI is InChI=1S/C6H14O2.C4H10O2/c1-2-3-4-6(8)5-7;1-4(2-5)3-6/h6-8H,2-5H2,1H3;4-6H,2-3H2,1H3. The minimum Gasteiger partial charge on any atom is -0.396 e. The molecule has 0 aliphatic rings. The number of rotatable bonds is 6. The Morgan fingerprint density at radius 1 is 1.00 bits per heavy atom. The molecule has 0 spiro atoms. The summed E-state index contributed by atoms with van der Waals surface area (Å²) in [6.45, 7) is 3.90. The summed E-state index contributed by atoms with van der Waals surface area (Å²) in [4.78, 5) is 0. The smallest absolute Gasteiger partial charge is 0.0770 e. The highest BCUT2D eigenvalue weighted by Gasteiger charge is 1.97. The molecule has 0 saturated heterocycles. The maximum Gasteiger partial charge on any atom is 0.0770 e. The molecule has 88 valence electrons. The van der Waals surface area contributed by atoms with Gasteiger partial charge in [-0.05, 0) is 6.42 Å². The van der Waals surface area contributed by atoms with Crippen LogP contribution in [0.2, 0.25) is 0 Å². The predicted molar refractivity (Wildman–Crippen MR) is 56.0 cm³/mol. The van der Waals surface area contributed by atoms with Gasteiger partial charge in [0.05, 0.1) is 12.7 Å². The van der Waals surface area contributed by atoms with Gasteiger partial charge >= 0.3 is 0 Å². The lowest BCUT2D eigenvalue weighted by atomic mass is 10.2. The van der Waals surface area contributed by atoms with Crippen molar-refractivity contribution in [2.45, 2.75) is 39.2 Å². The number of hydrogen-bond donors (Lipinski definition) is 4. The molecule has 0 heterocycles. The van der Waals surface area contributed by atoms with Gasteiger partial charge in [0.1, 0.15) is 0 Å². The van der Waals surface area contributed by atoms with Gasteiger partial charge in [-0.1, -0.05) is 26.7 Å². The molecule has 0 aromatic rings. The van der Waals surface area contributed by atoms with E-state index in [0.29, 0.717) is 0 Å². The molecule has 4 heteroatoms. The molecule has 1 unspecified atom stereocenters. The Balaban J connectivity index is 0. The molecule has 0 radical (unpaired) electrons. The fraction of sp³-hybridized carbons (Fsp3) is 1.00. The second-order valence-electron chi connectivity index (χ2n) is 3.45. The Bertz CT molecular complexity index is 94.1. The van der Waals surface area contributed by atoms with Crippen LogP contribution in [-0.4, -0.2) is 46.4 Å². The van der Waals surface area contributed by atoms with Crippen molar-refractivity contribution in [3.63, 3.8) is 0 Å². The van der Waals surface area contributed by atoms with Gasteiger partial charge in [-0.3, -0.25) is 0 Å². The first kappa shape index (κ1) is 16.3. The lowest BCUT2D eigenvalue weighted by Crippen LogP contribution is -2.10. The minimum atomic E-state index is -0.491. The monoisotopic (exact) mass is 208 g/mol. The molecule has 0 aliphatic heterocycles. The zero-order valence-corrected chi connectivity index (χ0v) is 9.19. The molecule has 1 atom stereocenters. The quantitative estimate of drug-likeness (QED) is 0.500. The summed E-state index contributed by atoms with van der Waals surface area (Å²) in [5.41, 5.74) is 0. The second-order valence-corrected chi connectivity index (χ2v) is 3.45. The van der Waals surface area contributed by atoms with Crippen molar-refractivity contribution in [3.8, 4) is 0 Å². The summed E-state index contributed by atoms with van der Waals surface area (Å²) in [5.74, 6) is 0.0463. The first-order valence-electron chi connectivity index (χ1n) is 5.12. The normalized spacial score (nSPS) is 12.2. The number of unbranched alkanes of at least 4 members (excludes halogenated alkanes) is 1. The van der Waals surface area contributed by atoms with Gasteiger partial charge in [0.2, 0.25) is 0 Å². The Labute approximate surface area is 86.2 Å². The SMILES string of the molecule is CC(CO)CO.CCCCC(O)CO. The third-order valence-corrected chi connectivity index (χ3v) is 1.72. The summed E-state index contributed by atoms with van der Waals surface area (Å²) >= 11 is 0. The van der Waals surface area contributed by atoms with Crippen LogP contribution in [-0.2, 0) is 0 Å². The van der Waals surface area contributed by atoms with Crippen LogP contribution in [0.15, 0.2) is 0 Å². The van der Waals surface area contributed by atoms with Crippen LogP contribution in [0.3, 0.4) is 0 Å². The predicted octanol–water partition coefficient (Wildman–Crippen LogP) is 0.137. The second kappa shape index (κ2) is 12.8. The highest BCUT2D eigenvalue weighted by atomic mass is 16.3. The van der Waals surface area contributed by atoms with E-state index in [4.69, 9.17) is 20.4 Å². The van der Waals surface area contributed by atoms with Crippen molar-refractivity contribution in [1.29, 1.82) is 0 Å². The van der Waals surface area contributed by atoms with E-state index < -0.39 is 6.10 Å². The van der Waals surface area contributed by atoms with Crippen molar-refractivity contribution in [3.05, 3.63) is 0 Å². The van der Waals surface area contributed by atoms with Gasteiger partial charge in [-0.2, -0.15) is 0 Å². The molecule has 0 rings (SSSR count). The van der Waals surface area contributed by atoms with Gasteiger partial charge in [-0.25, -0.2) is 0 Å². The first-order valence-corrected chi connectivity index (χ1v) is 5.12. The summed E-state index contributed by atoms with van der Waals surface area (Å²) < 4.78 is 0. The molecule has 0 amide bonds. The lowest BCUT2D eigenvalue weighted by Gasteiger charge is -2.02. The molecular weight excluding hydrogens is 184 g/mol. The van der Waals surface area contributed by atoms with E-state index in [9.17, 15) is 0 Å². The van der Waals surface area contributed by atoms with Gasteiger partial charge in [0.15, 0.2) is 0 Å². The van der Waals surface area contributed by atoms with Crippen LogP contribution >= 0.6 is 0 Å². The summed E-state index contributed by atoms with van der Waals surface area (Å²) in [7, 11) is 0. The molecule has 4 N–H and O–H groups in total. The molecular formula is C10H24O4. The highest BCUT2D eigenvalue weighted by molar-refractivity contribution is 4.50. The number of aliphatic hydroxyl groups is 4. The van der Waals surface area contributed by atoms with Crippen LogP contribution in [0.4, 0.5) is 0 Å². The van der Waals surface area contributed by atoms with Crippen molar-refractivity contribution in [1.82, 2.24) is 0 Å². The third-order valence-electron chi connectivity index (χ3n) is 1.72. The average Bonchev–Trinajstić information content (AvgIpc) is 2.25. The number of hydrogen-bond acceptors (Lipinski definition) is 4. The Morgan fingerprint density at radius 2 is 1.50 bits per heavy atom. The van der Waals surface area contributed by atoms with Crippen molar-refractivity contribution in [2.24, 2.45) is 5.92 Å². The summed E-state index contributed by atoms with van der Waals surface area (Å²) in [5, 5.41) is 33.4. The van der Waals surface area contributed by atoms with Crippen LogP contribution < -0.4 is 0 Å². The van der Waals surface area contributed by atoms with Crippen molar-refractivity contribution >= 4 is 0 Å². The Morgan fingerprint density at radius 3 is 1.71 bits per heavy atom. The van der Waals surface area contributed by atoms with Crippen LogP contribution in [0, 0.1) is 5.92 Å². The van der Waals surface area contributed by atoms with Gasteiger partial charge < -0.3 is 20.4 Å². The van der Waals surface area contributed by atoms with Crippen molar-refractivity contribution < 1.29 is 20.4 Å². The van der Waals surface area contributed by atoms with E-state index in [0.717, 1.165) is 19.3 Å². The Kier molecular flexibility index (Phi) is 14.9. The van der Waals surface area contributed by atoms with Crippen LogP contribution in [0.5, 0.6) is 0 Å². The topological polar surface area (TPSA) is 80.9 Å². The molecule has 0 saturated carbocycles. The maximum absolute atomic E-state index is 8.74. The molecule has 0 fully saturated rings. The minimum absolute atomic E-state index is 0.0463. The van der Waals surface area contributed by atoms with Crippen molar-refractivity contribution in [2.75, 3.05) is 19.8 Å². The fourth-order valence-electron chi connectivity index (χ4n) is 0.589. The van der Waals surface area contributed by atoms with E-state index in [-0.39, 0.29) is 25.7 Å². The van der Waals surface area contributed by atoms with E-state index in [2.05, 4.69) is 6.92 Å². The lowest BCUT2D eigenvalue weighted by molar-refractivity contribution is 0.0865. The number of aliphatic hydroxyl groups excluding tert-OH is 4. The molecule has 0 aromatic heterocycles. The van der Waals surface area contributed by atoms with E-state index in [1.807, 2.05) is 0 Å². The van der Waals surface area contributed by atoms with E-state index in [1.165, 1.54) is 0 Å². The highest BCUT2D eigenvalue weighted by Crippen LogP contribution is 1.97. The van der Waals surface area contributed by atoms with E-state index in [1.54, 1.807) is 6.92 Å². The van der Waals surface area contributed by atoms with Gasteiger partial charge in [-0.15, -0.1) is 0 Å². The largest absolute Gasteiger partial charge is 0.396 e. The molecule has 4 nitrogen and oxygen atoms in total. The van der Waals surface area contributed by atoms with Gasteiger partial charge in [0.25, 0.3) is 0 Å². The molecule has 0 aliphatic carbocycles. The molecule has 0 aromatic carbocycles. The average molecular weight is 208 g/mol. The van der Waals surface area contributed by atoms with Crippen LogP contribution in [0.1, 0.15) is 33.1 Å². The molecule has 0 bridgehead atoms. The van der Waals surface area contributed by atoms with Gasteiger partial charge in [0, 0.05) is 19.1 Å². The van der Waals surface area contributed by atoms with Crippen LogP contribution in [0.25, 0.3) is 0 Å². The molecule has 14 heavy (non-hydrogen) atoms. The third kappa shape index (κ3) is 14.4. The maximum atomic E-state index is 8.74. The summed E-state index contributed by atoms with van der Waals surface area (Å²) in [6.07, 6.45) is 2.32. The summed E-state index contributed by atoms with van der Waals surface area (Å²) in [6, 6.07) is 0. The zero-order valence-electron chi connectivity index (χ0n) is 9.19. The first-order chi connectivity index (χ1) is 6.62.